The molecule has 0 radical (unpaired) electrons. The van der Waals surface area contributed by atoms with E-state index in [1.165, 1.54) is 7.11 Å². The minimum atomic E-state index is -0.670. The lowest BCUT2D eigenvalue weighted by atomic mass is 9.99. The Morgan fingerprint density at radius 1 is 1.17 bits per heavy atom. The van der Waals surface area contributed by atoms with Crippen LogP contribution in [-0.2, 0) is 9.53 Å². The van der Waals surface area contributed by atoms with Crippen LogP contribution < -0.4 is 14.8 Å². The number of hydrogen-bond acceptors (Lipinski definition) is 6. The molecule has 0 bridgehead atoms. The molecular formula is C17H25NO5. The molecule has 0 amide bonds. The largest absolute Gasteiger partial charge is 0.497 e. The van der Waals surface area contributed by atoms with Crippen molar-refractivity contribution in [1.82, 2.24) is 5.32 Å². The van der Waals surface area contributed by atoms with Crippen molar-refractivity contribution in [2.45, 2.75) is 39.3 Å². The Kier molecular flexibility index (Phi) is 7.54. The van der Waals surface area contributed by atoms with Crippen LogP contribution in [0.25, 0.3) is 0 Å². The molecule has 1 unspecified atom stereocenters. The zero-order chi connectivity index (χ0) is 17.4. The quantitative estimate of drug-likeness (QED) is 0.555. The molecule has 0 spiro atoms. The summed E-state index contributed by atoms with van der Waals surface area (Å²) in [5.41, 5.74) is 0.399. The van der Waals surface area contributed by atoms with Gasteiger partial charge in [0.05, 0.1) is 38.9 Å². The Morgan fingerprint density at radius 3 is 2.39 bits per heavy atom. The Balaban J connectivity index is 3.05. The molecule has 23 heavy (non-hydrogen) atoms. The Bertz CT molecular complexity index is 542. The summed E-state index contributed by atoms with van der Waals surface area (Å²) < 4.78 is 15.4. The Hall–Kier alpha value is -2.08. The zero-order valence-corrected chi connectivity index (χ0v) is 14.3. The van der Waals surface area contributed by atoms with Gasteiger partial charge >= 0.3 is 5.97 Å². The minimum absolute atomic E-state index is 0.0277. The molecule has 0 aliphatic heterocycles. The number of ketones is 1. The third kappa shape index (κ3) is 5.56. The van der Waals surface area contributed by atoms with Gasteiger partial charge in [-0.05, 0) is 19.1 Å². The average molecular weight is 323 g/mol. The number of benzene rings is 1. The van der Waals surface area contributed by atoms with Crippen molar-refractivity contribution in [2.24, 2.45) is 0 Å². The third-order valence-corrected chi connectivity index (χ3v) is 3.20. The lowest BCUT2D eigenvalue weighted by molar-refractivity contribution is -0.143. The van der Waals surface area contributed by atoms with Gasteiger partial charge in [0, 0.05) is 12.1 Å². The fourth-order valence-corrected chi connectivity index (χ4v) is 2.21. The predicted molar refractivity (Wildman–Crippen MR) is 87.2 cm³/mol. The summed E-state index contributed by atoms with van der Waals surface area (Å²) in [6.45, 7) is 5.84. The van der Waals surface area contributed by atoms with Crippen LogP contribution in [0, 0.1) is 0 Å². The van der Waals surface area contributed by atoms with Crippen LogP contribution in [0.4, 0.5) is 0 Å². The number of Topliss-reactive ketones (excluding diaryl/α,β-unsaturated/α-hetero) is 1. The maximum atomic E-state index is 12.8. The smallest absolute Gasteiger partial charge is 0.307 e. The maximum Gasteiger partial charge on any atom is 0.307 e. The molecule has 6 heteroatoms. The molecule has 0 saturated heterocycles. The van der Waals surface area contributed by atoms with Crippen LogP contribution >= 0.6 is 0 Å². The second-order valence-electron chi connectivity index (χ2n) is 5.31. The molecule has 128 valence electrons. The molecule has 0 aliphatic carbocycles. The molecular weight excluding hydrogens is 298 g/mol. The van der Waals surface area contributed by atoms with Gasteiger partial charge in [0.2, 0.25) is 0 Å². The summed E-state index contributed by atoms with van der Waals surface area (Å²) in [4.78, 5) is 24.6. The van der Waals surface area contributed by atoms with Crippen LogP contribution in [-0.4, -0.2) is 44.7 Å². The standard InChI is InChI=1S/C17H25NO5/c1-6-23-16(19)10-14(18-11(2)3)17(20)13-8-7-12(21-4)9-15(13)22-5/h7-9,11,14,18H,6,10H2,1-5H3. The fourth-order valence-electron chi connectivity index (χ4n) is 2.21. The molecule has 1 N–H and O–H groups in total. The van der Waals surface area contributed by atoms with Gasteiger partial charge in [0.15, 0.2) is 5.78 Å². The molecule has 0 heterocycles. The van der Waals surface area contributed by atoms with E-state index in [2.05, 4.69) is 5.32 Å². The van der Waals surface area contributed by atoms with Crippen molar-refractivity contribution in [2.75, 3.05) is 20.8 Å². The molecule has 1 atom stereocenters. The third-order valence-electron chi connectivity index (χ3n) is 3.20. The van der Waals surface area contributed by atoms with E-state index in [9.17, 15) is 9.59 Å². The number of esters is 1. The molecule has 1 aromatic carbocycles. The normalized spacial score (nSPS) is 11.9. The Morgan fingerprint density at radius 2 is 1.87 bits per heavy atom. The summed E-state index contributed by atoms with van der Waals surface area (Å²) >= 11 is 0. The summed E-state index contributed by atoms with van der Waals surface area (Å²) in [5, 5.41) is 3.11. The van der Waals surface area contributed by atoms with Gasteiger partial charge in [-0.2, -0.15) is 0 Å². The van der Waals surface area contributed by atoms with Crippen molar-refractivity contribution in [3.05, 3.63) is 23.8 Å². The van der Waals surface area contributed by atoms with Crippen molar-refractivity contribution in [3.63, 3.8) is 0 Å². The number of methoxy groups -OCH3 is 2. The summed E-state index contributed by atoms with van der Waals surface area (Å²) in [6.07, 6.45) is -0.0277. The first-order chi connectivity index (χ1) is 10.9. The van der Waals surface area contributed by atoms with Crippen LogP contribution in [0.3, 0.4) is 0 Å². The van der Waals surface area contributed by atoms with Crippen molar-refractivity contribution < 1.29 is 23.8 Å². The van der Waals surface area contributed by atoms with E-state index in [1.807, 2.05) is 13.8 Å². The molecule has 0 aliphatic rings. The first-order valence-electron chi connectivity index (χ1n) is 7.60. The lowest BCUT2D eigenvalue weighted by Crippen LogP contribution is -2.42. The molecule has 0 aromatic heterocycles. The second-order valence-corrected chi connectivity index (χ2v) is 5.31. The highest BCUT2D eigenvalue weighted by atomic mass is 16.5. The van der Waals surface area contributed by atoms with E-state index >= 15 is 0 Å². The van der Waals surface area contributed by atoms with E-state index in [-0.39, 0.29) is 24.9 Å². The van der Waals surface area contributed by atoms with Crippen LogP contribution in [0.2, 0.25) is 0 Å². The minimum Gasteiger partial charge on any atom is -0.497 e. The number of carbonyl (C=O) groups excluding carboxylic acids is 2. The van der Waals surface area contributed by atoms with Gasteiger partial charge in [0.25, 0.3) is 0 Å². The molecule has 0 saturated carbocycles. The van der Waals surface area contributed by atoms with Crippen molar-refractivity contribution in [3.8, 4) is 11.5 Å². The first-order valence-corrected chi connectivity index (χ1v) is 7.60. The maximum absolute atomic E-state index is 12.8. The fraction of sp³-hybridized carbons (Fsp3) is 0.529. The van der Waals surface area contributed by atoms with Crippen LogP contribution in [0.5, 0.6) is 11.5 Å². The van der Waals surface area contributed by atoms with Crippen LogP contribution in [0.15, 0.2) is 18.2 Å². The van der Waals surface area contributed by atoms with Crippen LogP contribution in [0.1, 0.15) is 37.6 Å². The predicted octanol–water partition coefficient (Wildman–Crippen LogP) is 2.21. The van der Waals surface area contributed by atoms with Gasteiger partial charge in [0.1, 0.15) is 11.5 Å². The summed E-state index contributed by atoms with van der Waals surface area (Å²) in [6, 6.07) is 4.34. The van der Waals surface area contributed by atoms with Gasteiger partial charge in [-0.25, -0.2) is 0 Å². The van der Waals surface area contributed by atoms with E-state index in [4.69, 9.17) is 14.2 Å². The SMILES string of the molecule is CCOC(=O)CC(NC(C)C)C(=O)c1ccc(OC)cc1OC. The number of ether oxygens (including phenoxy) is 3. The van der Waals surface area contributed by atoms with Crippen molar-refractivity contribution in [1.29, 1.82) is 0 Å². The van der Waals surface area contributed by atoms with Crippen molar-refractivity contribution >= 4 is 11.8 Å². The number of carbonyl (C=O) groups is 2. The number of nitrogens with one attached hydrogen (secondary N) is 1. The van der Waals surface area contributed by atoms with Gasteiger partial charge in [-0.3, -0.25) is 9.59 Å². The van der Waals surface area contributed by atoms with Gasteiger partial charge in [-0.15, -0.1) is 0 Å². The second kappa shape index (κ2) is 9.15. The summed E-state index contributed by atoms with van der Waals surface area (Å²) in [5.74, 6) is 0.378. The van der Waals surface area contributed by atoms with E-state index in [1.54, 1.807) is 32.2 Å². The average Bonchev–Trinajstić information content (AvgIpc) is 2.52. The number of rotatable bonds is 9. The van der Waals surface area contributed by atoms with E-state index < -0.39 is 12.0 Å². The number of hydrogen-bond donors (Lipinski definition) is 1. The van der Waals surface area contributed by atoms with Gasteiger partial charge < -0.3 is 19.5 Å². The van der Waals surface area contributed by atoms with Gasteiger partial charge in [-0.1, -0.05) is 13.8 Å². The highest BCUT2D eigenvalue weighted by Gasteiger charge is 2.26. The Labute approximate surface area is 137 Å². The van der Waals surface area contributed by atoms with E-state index in [0.29, 0.717) is 17.1 Å². The van der Waals surface area contributed by atoms with E-state index in [0.717, 1.165) is 0 Å². The topological polar surface area (TPSA) is 73.9 Å². The molecule has 6 nitrogen and oxygen atoms in total. The lowest BCUT2D eigenvalue weighted by Gasteiger charge is -2.20. The highest BCUT2D eigenvalue weighted by Crippen LogP contribution is 2.26. The molecule has 1 aromatic rings. The first kappa shape index (κ1) is 19.0. The zero-order valence-electron chi connectivity index (χ0n) is 14.3. The summed E-state index contributed by atoms with van der Waals surface area (Å²) in [7, 11) is 3.03. The monoisotopic (exact) mass is 323 g/mol. The molecule has 0 fully saturated rings. The molecule has 1 rings (SSSR count). The highest BCUT2D eigenvalue weighted by molar-refractivity contribution is 6.04.